The molecule has 1 atom stereocenters. The van der Waals surface area contributed by atoms with Crippen molar-refractivity contribution in [2.75, 3.05) is 38.2 Å². The monoisotopic (exact) mass is 362 g/mol. The van der Waals surface area contributed by atoms with E-state index in [9.17, 15) is 9.18 Å². The van der Waals surface area contributed by atoms with E-state index in [1.54, 1.807) is 18.2 Å². The highest BCUT2D eigenvalue weighted by atomic mass is 35.5. The van der Waals surface area contributed by atoms with Crippen LogP contribution in [0, 0.1) is 5.82 Å². The van der Waals surface area contributed by atoms with Crippen LogP contribution in [-0.2, 0) is 9.53 Å². The van der Waals surface area contributed by atoms with E-state index in [1.807, 2.05) is 34.1 Å². The molecular weight excluding hydrogens is 343 g/mol. The Kier molecular flexibility index (Phi) is 5.56. The van der Waals surface area contributed by atoms with Crippen LogP contribution in [0.2, 0.25) is 5.02 Å². The van der Waals surface area contributed by atoms with Crippen molar-refractivity contribution in [2.45, 2.75) is 6.04 Å². The first-order valence-electron chi connectivity index (χ1n) is 8.17. The second kappa shape index (κ2) is 7.85. The van der Waals surface area contributed by atoms with Gasteiger partial charge in [0, 0.05) is 31.2 Å². The third-order valence-corrected chi connectivity index (χ3v) is 4.84. The van der Waals surface area contributed by atoms with Gasteiger partial charge in [-0.05, 0) is 23.8 Å². The standard InChI is InChI=1S/C19H20ClFN2O2/c1-25-19(24)18(14-6-2-3-7-15(14)20)23-12-10-22(11-13-23)17-9-5-4-8-16(17)21/h2-9,18H,10-13H2,1H3. The van der Waals surface area contributed by atoms with Crippen LogP contribution in [0.15, 0.2) is 48.5 Å². The predicted octanol–water partition coefficient (Wildman–Crippen LogP) is 3.52. The third kappa shape index (κ3) is 3.78. The number of para-hydroxylation sites is 1. The number of ether oxygens (including phenoxy) is 1. The van der Waals surface area contributed by atoms with Gasteiger partial charge < -0.3 is 9.64 Å². The van der Waals surface area contributed by atoms with E-state index in [1.165, 1.54) is 13.2 Å². The van der Waals surface area contributed by atoms with Gasteiger partial charge >= 0.3 is 5.97 Å². The van der Waals surface area contributed by atoms with E-state index in [-0.39, 0.29) is 11.8 Å². The number of halogens is 2. The molecule has 0 saturated carbocycles. The van der Waals surface area contributed by atoms with E-state index in [0.717, 1.165) is 5.56 Å². The van der Waals surface area contributed by atoms with Crippen LogP contribution in [0.25, 0.3) is 0 Å². The number of piperazine rings is 1. The average molecular weight is 363 g/mol. The van der Waals surface area contributed by atoms with Gasteiger partial charge in [0.15, 0.2) is 0 Å². The van der Waals surface area contributed by atoms with Crippen LogP contribution in [0.4, 0.5) is 10.1 Å². The van der Waals surface area contributed by atoms with Gasteiger partial charge in [-0.2, -0.15) is 0 Å². The van der Waals surface area contributed by atoms with Gasteiger partial charge in [-0.1, -0.05) is 41.9 Å². The van der Waals surface area contributed by atoms with E-state index >= 15 is 0 Å². The molecule has 0 N–H and O–H groups in total. The van der Waals surface area contributed by atoms with Crippen LogP contribution in [0.3, 0.4) is 0 Å². The van der Waals surface area contributed by atoms with Gasteiger partial charge in [0.2, 0.25) is 0 Å². The maximum Gasteiger partial charge on any atom is 0.327 e. The molecule has 1 fully saturated rings. The van der Waals surface area contributed by atoms with Crippen molar-refractivity contribution in [2.24, 2.45) is 0 Å². The van der Waals surface area contributed by atoms with Crippen molar-refractivity contribution < 1.29 is 13.9 Å². The molecule has 1 saturated heterocycles. The number of anilines is 1. The molecule has 25 heavy (non-hydrogen) atoms. The summed E-state index contributed by atoms with van der Waals surface area (Å²) in [5.74, 6) is -0.570. The molecule has 2 aromatic carbocycles. The van der Waals surface area contributed by atoms with E-state index < -0.39 is 6.04 Å². The number of nitrogens with zero attached hydrogens (tertiary/aromatic N) is 2. The van der Waals surface area contributed by atoms with Crippen molar-refractivity contribution >= 4 is 23.3 Å². The van der Waals surface area contributed by atoms with Crippen LogP contribution < -0.4 is 4.90 Å². The maximum atomic E-state index is 14.0. The number of carbonyl (C=O) groups excluding carboxylic acids is 1. The summed E-state index contributed by atoms with van der Waals surface area (Å²) in [6.07, 6.45) is 0. The van der Waals surface area contributed by atoms with Gasteiger partial charge in [0.05, 0.1) is 12.8 Å². The van der Waals surface area contributed by atoms with Gasteiger partial charge in [0.25, 0.3) is 0 Å². The van der Waals surface area contributed by atoms with Gasteiger partial charge in [-0.3, -0.25) is 4.90 Å². The molecule has 0 bridgehead atoms. The normalized spacial score (nSPS) is 16.5. The Morgan fingerprint density at radius 1 is 1.08 bits per heavy atom. The second-order valence-corrected chi connectivity index (χ2v) is 6.33. The summed E-state index contributed by atoms with van der Waals surface area (Å²) in [6, 6.07) is 13.5. The van der Waals surface area contributed by atoms with Crippen LogP contribution in [-0.4, -0.2) is 44.2 Å². The predicted molar refractivity (Wildman–Crippen MR) is 96.4 cm³/mol. The lowest BCUT2D eigenvalue weighted by atomic mass is 10.0. The summed E-state index contributed by atoms with van der Waals surface area (Å²) in [5.41, 5.74) is 1.32. The molecule has 1 unspecified atom stereocenters. The summed E-state index contributed by atoms with van der Waals surface area (Å²) in [4.78, 5) is 16.4. The summed E-state index contributed by atoms with van der Waals surface area (Å²) in [5, 5.41) is 0.537. The van der Waals surface area contributed by atoms with Crippen molar-refractivity contribution in [3.63, 3.8) is 0 Å². The molecule has 3 rings (SSSR count). The molecule has 0 aliphatic carbocycles. The zero-order chi connectivity index (χ0) is 17.8. The topological polar surface area (TPSA) is 32.8 Å². The highest BCUT2D eigenvalue weighted by molar-refractivity contribution is 6.31. The first-order chi connectivity index (χ1) is 12.1. The smallest absolute Gasteiger partial charge is 0.327 e. The summed E-state index contributed by atoms with van der Waals surface area (Å²) in [7, 11) is 1.38. The fourth-order valence-electron chi connectivity index (χ4n) is 3.21. The van der Waals surface area contributed by atoms with Crippen LogP contribution >= 0.6 is 11.6 Å². The van der Waals surface area contributed by atoms with Crippen molar-refractivity contribution in [1.82, 2.24) is 4.90 Å². The minimum Gasteiger partial charge on any atom is -0.468 e. The van der Waals surface area contributed by atoms with Crippen molar-refractivity contribution in [1.29, 1.82) is 0 Å². The average Bonchev–Trinajstić information content (AvgIpc) is 2.64. The Bertz CT molecular complexity index is 748. The quantitative estimate of drug-likeness (QED) is 0.779. The molecule has 1 aliphatic heterocycles. The third-order valence-electron chi connectivity index (χ3n) is 4.50. The molecule has 1 heterocycles. The van der Waals surface area contributed by atoms with Gasteiger partial charge in [-0.25, -0.2) is 9.18 Å². The van der Waals surface area contributed by atoms with Crippen molar-refractivity contribution in [3.05, 3.63) is 64.9 Å². The SMILES string of the molecule is COC(=O)C(c1ccccc1Cl)N1CCN(c2ccccc2F)CC1. The lowest BCUT2D eigenvalue weighted by Crippen LogP contribution is -2.49. The lowest BCUT2D eigenvalue weighted by molar-refractivity contribution is -0.147. The molecule has 2 aromatic rings. The minimum absolute atomic E-state index is 0.230. The lowest BCUT2D eigenvalue weighted by Gasteiger charge is -2.39. The van der Waals surface area contributed by atoms with Gasteiger partial charge in [-0.15, -0.1) is 0 Å². The number of carbonyl (C=O) groups is 1. The maximum absolute atomic E-state index is 14.0. The molecule has 6 heteroatoms. The van der Waals surface area contributed by atoms with Crippen LogP contribution in [0.5, 0.6) is 0 Å². The Hall–Kier alpha value is -2.11. The summed E-state index contributed by atoms with van der Waals surface area (Å²) in [6.45, 7) is 2.47. The van der Waals surface area contributed by atoms with E-state index in [0.29, 0.717) is 36.9 Å². The number of benzene rings is 2. The molecule has 0 radical (unpaired) electrons. The Morgan fingerprint density at radius 3 is 2.36 bits per heavy atom. The summed E-state index contributed by atoms with van der Waals surface area (Å²) < 4.78 is 19.0. The minimum atomic E-state index is -0.554. The number of hydrogen-bond acceptors (Lipinski definition) is 4. The van der Waals surface area contributed by atoms with Crippen LogP contribution in [0.1, 0.15) is 11.6 Å². The highest BCUT2D eigenvalue weighted by Gasteiger charge is 2.32. The Balaban J connectivity index is 1.78. The Morgan fingerprint density at radius 2 is 1.72 bits per heavy atom. The van der Waals surface area contributed by atoms with E-state index in [2.05, 4.69) is 0 Å². The molecule has 1 aliphatic rings. The fraction of sp³-hybridized carbons (Fsp3) is 0.316. The molecule has 0 aromatic heterocycles. The zero-order valence-electron chi connectivity index (χ0n) is 14.0. The Labute approximate surface area is 151 Å². The highest BCUT2D eigenvalue weighted by Crippen LogP contribution is 2.30. The molecule has 132 valence electrons. The molecule has 0 spiro atoms. The number of methoxy groups -OCH3 is 1. The second-order valence-electron chi connectivity index (χ2n) is 5.92. The number of rotatable bonds is 4. The fourth-order valence-corrected chi connectivity index (χ4v) is 3.45. The number of hydrogen-bond donors (Lipinski definition) is 0. The van der Waals surface area contributed by atoms with E-state index in [4.69, 9.17) is 16.3 Å². The molecule has 4 nitrogen and oxygen atoms in total. The first kappa shape index (κ1) is 17.7. The number of esters is 1. The summed E-state index contributed by atoms with van der Waals surface area (Å²) >= 11 is 6.29. The zero-order valence-corrected chi connectivity index (χ0v) is 14.7. The molecular formula is C19H20ClFN2O2. The van der Waals surface area contributed by atoms with Crippen molar-refractivity contribution in [3.8, 4) is 0 Å². The largest absolute Gasteiger partial charge is 0.468 e. The van der Waals surface area contributed by atoms with Gasteiger partial charge in [0.1, 0.15) is 11.9 Å². The first-order valence-corrected chi connectivity index (χ1v) is 8.55. The molecule has 0 amide bonds.